The minimum absolute atomic E-state index is 0.116. The van der Waals surface area contributed by atoms with Gasteiger partial charge in [-0.1, -0.05) is 0 Å². The van der Waals surface area contributed by atoms with Crippen LogP contribution < -0.4 is 19.5 Å². The number of fused-ring (bicyclic) bond motifs is 3. The number of amides is 1. The Bertz CT molecular complexity index is 1170. The van der Waals surface area contributed by atoms with Crippen molar-refractivity contribution in [2.75, 3.05) is 26.1 Å². The number of ether oxygens (including phenoxy) is 3. The number of hydrogen-bond acceptors (Lipinski definition) is 7. The molecule has 0 aliphatic rings. The van der Waals surface area contributed by atoms with Gasteiger partial charge in [0.15, 0.2) is 6.61 Å². The highest BCUT2D eigenvalue weighted by Gasteiger charge is 2.15. The molecule has 0 radical (unpaired) electrons. The zero-order valence-corrected chi connectivity index (χ0v) is 17.2. The van der Waals surface area contributed by atoms with E-state index in [1.54, 1.807) is 55.1 Å². The highest BCUT2D eigenvalue weighted by atomic mass is 32.1. The molecule has 0 aliphatic heterocycles. The van der Waals surface area contributed by atoms with Gasteiger partial charge in [-0.05, 0) is 30.5 Å². The zero-order valence-electron chi connectivity index (χ0n) is 15.6. The van der Waals surface area contributed by atoms with Gasteiger partial charge in [0.05, 0.1) is 39.8 Å². The van der Waals surface area contributed by atoms with Crippen LogP contribution in [-0.2, 0) is 4.79 Å². The Kier molecular flexibility index (Phi) is 5.06. The number of rotatable bonds is 6. The number of nitrogens with zero attached hydrogens (tertiary/aromatic N) is 1. The van der Waals surface area contributed by atoms with Gasteiger partial charge >= 0.3 is 0 Å². The lowest BCUT2D eigenvalue weighted by Crippen LogP contribution is -2.20. The molecule has 4 aromatic rings. The maximum Gasteiger partial charge on any atom is 0.262 e. The molecule has 0 saturated carbocycles. The van der Waals surface area contributed by atoms with Crippen LogP contribution in [0.15, 0.2) is 35.7 Å². The summed E-state index contributed by atoms with van der Waals surface area (Å²) in [7, 11) is 3.12. The van der Waals surface area contributed by atoms with Crippen molar-refractivity contribution in [2.45, 2.75) is 6.92 Å². The van der Waals surface area contributed by atoms with Gasteiger partial charge in [0, 0.05) is 17.5 Å². The highest BCUT2D eigenvalue weighted by Crippen LogP contribution is 2.39. The van der Waals surface area contributed by atoms with Crippen LogP contribution >= 0.6 is 22.7 Å². The molecule has 0 saturated heterocycles. The van der Waals surface area contributed by atoms with Crippen molar-refractivity contribution in [3.05, 3.63) is 40.7 Å². The zero-order chi connectivity index (χ0) is 19.7. The van der Waals surface area contributed by atoms with Crippen LogP contribution in [0.4, 0.5) is 5.69 Å². The number of aromatic nitrogens is 1. The lowest BCUT2D eigenvalue weighted by Gasteiger charge is -2.12. The molecule has 0 unspecified atom stereocenters. The molecule has 2 aromatic heterocycles. The van der Waals surface area contributed by atoms with E-state index in [2.05, 4.69) is 10.3 Å². The fourth-order valence-electron chi connectivity index (χ4n) is 2.95. The van der Waals surface area contributed by atoms with Gasteiger partial charge in [0.2, 0.25) is 0 Å². The molecular weight excluding hydrogens is 396 g/mol. The Labute approximate surface area is 169 Å². The molecule has 0 spiro atoms. The van der Waals surface area contributed by atoms with Gasteiger partial charge in [0.25, 0.3) is 5.91 Å². The lowest BCUT2D eigenvalue weighted by molar-refractivity contribution is -0.118. The number of thiazole rings is 1. The summed E-state index contributed by atoms with van der Waals surface area (Å²) in [5.74, 6) is 1.58. The molecule has 0 bridgehead atoms. The topological polar surface area (TPSA) is 69.7 Å². The van der Waals surface area contributed by atoms with E-state index >= 15 is 0 Å². The van der Waals surface area contributed by atoms with Crippen molar-refractivity contribution in [1.82, 2.24) is 4.98 Å². The van der Waals surface area contributed by atoms with Crippen molar-refractivity contribution < 1.29 is 19.0 Å². The fourth-order valence-corrected chi connectivity index (χ4v) is 4.78. The highest BCUT2D eigenvalue weighted by molar-refractivity contribution is 7.21. The maximum atomic E-state index is 12.5. The van der Waals surface area contributed by atoms with Gasteiger partial charge in [-0.15, -0.1) is 22.7 Å². The van der Waals surface area contributed by atoms with E-state index in [1.165, 1.54) is 0 Å². The second-order valence-electron chi connectivity index (χ2n) is 6.02. The Morgan fingerprint density at radius 1 is 1.14 bits per heavy atom. The molecule has 0 aliphatic carbocycles. The molecule has 4 rings (SSSR count). The standard InChI is InChI=1S/C20H18N2O4S2/c1-11-21-19-17(28-11)9-16(13-6-7-27-20(13)19)26-10-18(23)22-14-8-12(24-2)4-5-15(14)25-3/h4-9H,10H2,1-3H3,(H,22,23). The minimum atomic E-state index is -0.282. The maximum absolute atomic E-state index is 12.5. The Balaban J connectivity index is 1.54. The first-order valence-corrected chi connectivity index (χ1v) is 10.2. The Morgan fingerprint density at radius 3 is 2.79 bits per heavy atom. The summed E-state index contributed by atoms with van der Waals surface area (Å²) in [4.78, 5) is 17.1. The first-order chi connectivity index (χ1) is 13.6. The van der Waals surface area contributed by atoms with Gasteiger partial charge in [-0.3, -0.25) is 4.79 Å². The molecule has 1 N–H and O–H groups in total. The van der Waals surface area contributed by atoms with Crippen molar-refractivity contribution in [3.8, 4) is 17.2 Å². The van der Waals surface area contributed by atoms with E-state index in [0.29, 0.717) is 22.9 Å². The van der Waals surface area contributed by atoms with Crippen LogP contribution in [0.3, 0.4) is 0 Å². The number of benzene rings is 2. The molecule has 0 fully saturated rings. The third kappa shape index (κ3) is 3.48. The molecule has 2 heterocycles. The second kappa shape index (κ2) is 7.65. The second-order valence-corrected chi connectivity index (χ2v) is 8.17. The quantitative estimate of drug-likeness (QED) is 0.488. The Morgan fingerprint density at radius 2 is 2.00 bits per heavy atom. The molecular formula is C20H18N2O4S2. The lowest BCUT2D eigenvalue weighted by atomic mass is 10.2. The number of aryl methyl sites for hydroxylation is 1. The van der Waals surface area contributed by atoms with E-state index < -0.39 is 0 Å². The van der Waals surface area contributed by atoms with E-state index in [9.17, 15) is 4.79 Å². The monoisotopic (exact) mass is 414 g/mol. The average molecular weight is 415 g/mol. The predicted molar refractivity (Wildman–Crippen MR) is 113 cm³/mol. The van der Waals surface area contributed by atoms with Gasteiger partial charge in [0.1, 0.15) is 17.2 Å². The van der Waals surface area contributed by atoms with E-state index in [1.807, 2.05) is 24.4 Å². The molecule has 1 amide bonds. The number of hydrogen-bond donors (Lipinski definition) is 1. The first-order valence-electron chi connectivity index (χ1n) is 8.51. The molecule has 144 valence electrons. The number of anilines is 1. The van der Waals surface area contributed by atoms with Crippen LogP contribution in [-0.4, -0.2) is 31.7 Å². The largest absolute Gasteiger partial charge is 0.497 e. The van der Waals surface area contributed by atoms with Crippen LogP contribution in [0, 0.1) is 6.92 Å². The Hall–Kier alpha value is -2.84. The summed E-state index contributed by atoms with van der Waals surface area (Å²) in [5, 5.41) is 6.79. The third-order valence-electron chi connectivity index (χ3n) is 4.21. The van der Waals surface area contributed by atoms with Crippen molar-refractivity contribution in [2.24, 2.45) is 0 Å². The number of thiophene rings is 1. The van der Waals surface area contributed by atoms with E-state index in [-0.39, 0.29) is 12.5 Å². The minimum Gasteiger partial charge on any atom is -0.497 e. The normalized spacial score (nSPS) is 11.0. The van der Waals surface area contributed by atoms with Crippen LogP contribution in [0.1, 0.15) is 5.01 Å². The SMILES string of the molecule is COc1ccc(OC)c(NC(=O)COc2cc3sc(C)nc3c3sccc23)c1. The summed E-state index contributed by atoms with van der Waals surface area (Å²) in [6, 6.07) is 9.16. The predicted octanol–water partition coefficient (Wildman–Crippen LogP) is 4.85. The summed E-state index contributed by atoms with van der Waals surface area (Å²) in [6.07, 6.45) is 0. The number of carbonyl (C=O) groups excluding carboxylic acids is 1. The van der Waals surface area contributed by atoms with Crippen molar-refractivity contribution in [3.63, 3.8) is 0 Å². The van der Waals surface area contributed by atoms with E-state index in [0.717, 1.165) is 25.3 Å². The summed E-state index contributed by atoms with van der Waals surface area (Å²) in [6.45, 7) is 1.87. The van der Waals surface area contributed by atoms with Crippen molar-refractivity contribution in [1.29, 1.82) is 0 Å². The molecule has 6 nitrogen and oxygen atoms in total. The molecule has 8 heteroatoms. The average Bonchev–Trinajstić information content (AvgIpc) is 3.31. The van der Waals surface area contributed by atoms with Crippen LogP contribution in [0.5, 0.6) is 17.2 Å². The summed E-state index contributed by atoms with van der Waals surface area (Å²) < 4.78 is 18.5. The first kappa shape index (κ1) is 18.5. The fraction of sp³-hybridized carbons (Fsp3) is 0.200. The number of carbonyl (C=O) groups is 1. The van der Waals surface area contributed by atoms with Crippen molar-refractivity contribution >= 4 is 54.6 Å². The third-order valence-corrected chi connectivity index (χ3v) is 6.05. The van der Waals surface area contributed by atoms with Crippen LogP contribution in [0.25, 0.3) is 20.3 Å². The molecule has 28 heavy (non-hydrogen) atoms. The summed E-state index contributed by atoms with van der Waals surface area (Å²) in [5.41, 5.74) is 1.52. The van der Waals surface area contributed by atoms with Gasteiger partial charge < -0.3 is 19.5 Å². The molecule has 2 aromatic carbocycles. The van der Waals surface area contributed by atoms with Gasteiger partial charge in [-0.25, -0.2) is 4.98 Å². The number of methoxy groups -OCH3 is 2. The number of nitrogens with one attached hydrogen (secondary N) is 1. The molecule has 0 atom stereocenters. The van der Waals surface area contributed by atoms with E-state index in [4.69, 9.17) is 14.2 Å². The van der Waals surface area contributed by atoms with Crippen LogP contribution in [0.2, 0.25) is 0 Å². The van der Waals surface area contributed by atoms with Gasteiger partial charge in [-0.2, -0.15) is 0 Å². The summed E-state index contributed by atoms with van der Waals surface area (Å²) >= 11 is 3.24. The smallest absolute Gasteiger partial charge is 0.262 e.